The number of anilines is 1. The highest BCUT2D eigenvalue weighted by Crippen LogP contribution is 2.42. The van der Waals surface area contributed by atoms with Gasteiger partial charge in [0.05, 0.1) is 5.69 Å². The van der Waals surface area contributed by atoms with Crippen LogP contribution >= 0.6 is 0 Å². The first-order valence-electron chi connectivity index (χ1n) is 7.35. The molecule has 1 N–H and O–H groups in total. The van der Waals surface area contributed by atoms with Crippen LogP contribution in [-0.4, -0.2) is 15.6 Å². The van der Waals surface area contributed by atoms with Crippen molar-refractivity contribution in [1.29, 1.82) is 0 Å². The van der Waals surface area contributed by atoms with Crippen molar-refractivity contribution in [1.82, 2.24) is 9.55 Å². The van der Waals surface area contributed by atoms with Crippen LogP contribution in [0.2, 0.25) is 0 Å². The van der Waals surface area contributed by atoms with E-state index in [0.717, 1.165) is 11.6 Å². The summed E-state index contributed by atoms with van der Waals surface area (Å²) in [5.74, 6) is 1.11. The zero-order valence-electron chi connectivity index (χ0n) is 11.9. The van der Waals surface area contributed by atoms with E-state index < -0.39 is 0 Å². The Balaban J connectivity index is 1.81. The lowest BCUT2D eigenvalue weighted by atomic mass is 9.75. The molecule has 0 radical (unpaired) electrons. The van der Waals surface area contributed by atoms with Gasteiger partial charge in [0.2, 0.25) is 5.95 Å². The Hall–Kier alpha value is -0.990. The van der Waals surface area contributed by atoms with Crippen molar-refractivity contribution in [3.05, 3.63) is 11.9 Å². The molecule has 0 aliphatic heterocycles. The summed E-state index contributed by atoms with van der Waals surface area (Å²) in [6, 6.07) is 1.32. The normalized spacial score (nSPS) is 27.2. The SMILES string of the molecule is Cc1cn(C2CCCC(C)(C)C2)c(NC2CC2)n1. The number of imidazole rings is 1. The van der Waals surface area contributed by atoms with Gasteiger partial charge >= 0.3 is 0 Å². The van der Waals surface area contributed by atoms with Crippen LogP contribution in [0.5, 0.6) is 0 Å². The molecule has 0 amide bonds. The Kier molecular flexibility index (Phi) is 2.87. The molecule has 0 spiro atoms. The summed E-state index contributed by atoms with van der Waals surface area (Å²) in [5, 5.41) is 3.58. The van der Waals surface area contributed by atoms with E-state index in [4.69, 9.17) is 0 Å². The van der Waals surface area contributed by atoms with E-state index in [1.165, 1.54) is 38.5 Å². The lowest BCUT2D eigenvalue weighted by Gasteiger charge is -2.36. The first-order valence-corrected chi connectivity index (χ1v) is 7.35. The number of nitrogens with zero attached hydrogens (tertiary/aromatic N) is 2. The molecule has 18 heavy (non-hydrogen) atoms. The fraction of sp³-hybridized carbons (Fsp3) is 0.800. The molecule has 100 valence electrons. The van der Waals surface area contributed by atoms with Crippen molar-refractivity contribution in [2.45, 2.75) is 71.4 Å². The summed E-state index contributed by atoms with van der Waals surface area (Å²) in [4.78, 5) is 4.67. The first kappa shape index (κ1) is 12.1. The highest BCUT2D eigenvalue weighted by Gasteiger charge is 2.31. The quantitative estimate of drug-likeness (QED) is 0.877. The Bertz CT molecular complexity index is 429. The summed E-state index contributed by atoms with van der Waals surface area (Å²) >= 11 is 0. The minimum atomic E-state index is 0.484. The first-order chi connectivity index (χ1) is 8.53. The standard InChI is InChI=1S/C15H25N3/c1-11-10-18(14(16-11)17-12-6-7-12)13-5-4-8-15(2,3)9-13/h10,12-13H,4-9H2,1-3H3,(H,16,17). The van der Waals surface area contributed by atoms with Gasteiger partial charge < -0.3 is 9.88 Å². The van der Waals surface area contributed by atoms with Crippen LogP contribution < -0.4 is 5.32 Å². The van der Waals surface area contributed by atoms with Crippen molar-refractivity contribution < 1.29 is 0 Å². The van der Waals surface area contributed by atoms with E-state index in [1.807, 2.05) is 0 Å². The third-order valence-electron chi connectivity index (χ3n) is 4.34. The maximum Gasteiger partial charge on any atom is 0.203 e. The van der Waals surface area contributed by atoms with Crippen molar-refractivity contribution >= 4 is 5.95 Å². The molecule has 1 heterocycles. The molecule has 1 unspecified atom stereocenters. The summed E-state index contributed by atoms with van der Waals surface area (Å²) in [7, 11) is 0. The van der Waals surface area contributed by atoms with Gasteiger partial charge in [0.15, 0.2) is 0 Å². The second-order valence-corrected chi connectivity index (χ2v) is 6.95. The molecule has 3 nitrogen and oxygen atoms in total. The van der Waals surface area contributed by atoms with Crippen molar-refractivity contribution in [2.75, 3.05) is 5.32 Å². The van der Waals surface area contributed by atoms with Crippen LogP contribution in [0.1, 0.15) is 64.1 Å². The van der Waals surface area contributed by atoms with Crippen LogP contribution in [0, 0.1) is 12.3 Å². The monoisotopic (exact) mass is 247 g/mol. The van der Waals surface area contributed by atoms with E-state index in [9.17, 15) is 0 Å². The second-order valence-electron chi connectivity index (χ2n) is 6.95. The topological polar surface area (TPSA) is 29.9 Å². The van der Waals surface area contributed by atoms with Gasteiger partial charge in [0, 0.05) is 18.3 Å². The van der Waals surface area contributed by atoms with Gasteiger partial charge in [0.1, 0.15) is 0 Å². The van der Waals surface area contributed by atoms with Crippen LogP contribution in [0.15, 0.2) is 6.20 Å². The number of aromatic nitrogens is 2. The minimum Gasteiger partial charge on any atom is -0.353 e. The van der Waals surface area contributed by atoms with E-state index in [0.29, 0.717) is 17.5 Å². The van der Waals surface area contributed by atoms with Gasteiger partial charge in [-0.15, -0.1) is 0 Å². The summed E-state index contributed by atoms with van der Waals surface area (Å²) < 4.78 is 2.41. The fourth-order valence-corrected chi connectivity index (χ4v) is 3.21. The maximum absolute atomic E-state index is 4.67. The van der Waals surface area contributed by atoms with Crippen molar-refractivity contribution in [2.24, 2.45) is 5.41 Å². The molecular formula is C15H25N3. The zero-order valence-corrected chi connectivity index (χ0v) is 11.9. The molecule has 2 aliphatic carbocycles. The minimum absolute atomic E-state index is 0.484. The van der Waals surface area contributed by atoms with Crippen LogP contribution in [0.4, 0.5) is 5.95 Å². The lowest BCUT2D eigenvalue weighted by molar-refractivity contribution is 0.184. The molecule has 3 heteroatoms. The number of hydrogen-bond donors (Lipinski definition) is 1. The third kappa shape index (κ3) is 2.55. The molecule has 0 bridgehead atoms. The smallest absolute Gasteiger partial charge is 0.203 e. The lowest BCUT2D eigenvalue weighted by Crippen LogP contribution is -2.25. The predicted octanol–water partition coefficient (Wildman–Crippen LogP) is 3.91. The van der Waals surface area contributed by atoms with E-state index in [2.05, 4.69) is 41.8 Å². The van der Waals surface area contributed by atoms with Gasteiger partial charge in [-0.2, -0.15) is 0 Å². The molecule has 1 atom stereocenters. The number of rotatable bonds is 3. The Morgan fingerprint density at radius 3 is 2.78 bits per heavy atom. The van der Waals surface area contributed by atoms with Gasteiger partial charge in [0.25, 0.3) is 0 Å². The van der Waals surface area contributed by atoms with Gasteiger partial charge in [-0.1, -0.05) is 20.3 Å². The predicted molar refractivity (Wildman–Crippen MR) is 74.9 cm³/mol. The largest absolute Gasteiger partial charge is 0.353 e. The van der Waals surface area contributed by atoms with Crippen LogP contribution in [0.3, 0.4) is 0 Å². The zero-order chi connectivity index (χ0) is 12.8. The average Bonchev–Trinajstić information content (AvgIpc) is 3.00. The van der Waals surface area contributed by atoms with Gasteiger partial charge in [-0.3, -0.25) is 0 Å². The van der Waals surface area contributed by atoms with Crippen molar-refractivity contribution in [3.63, 3.8) is 0 Å². The molecule has 2 saturated carbocycles. The molecule has 0 saturated heterocycles. The summed E-state index contributed by atoms with van der Waals surface area (Å²) in [5.41, 5.74) is 1.62. The van der Waals surface area contributed by atoms with Crippen LogP contribution in [-0.2, 0) is 0 Å². The van der Waals surface area contributed by atoms with E-state index in [-0.39, 0.29) is 0 Å². The Labute approximate surface area is 110 Å². The van der Waals surface area contributed by atoms with Crippen LogP contribution in [0.25, 0.3) is 0 Å². The molecule has 3 rings (SSSR count). The Morgan fingerprint density at radius 1 is 1.33 bits per heavy atom. The second kappa shape index (κ2) is 4.29. The highest BCUT2D eigenvalue weighted by atomic mass is 15.2. The van der Waals surface area contributed by atoms with E-state index in [1.54, 1.807) is 0 Å². The van der Waals surface area contributed by atoms with Crippen molar-refractivity contribution in [3.8, 4) is 0 Å². The maximum atomic E-state index is 4.67. The number of aryl methyl sites for hydroxylation is 1. The average molecular weight is 247 g/mol. The molecule has 0 aromatic carbocycles. The number of nitrogens with one attached hydrogen (secondary N) is 1. The molecule has 1 aromatic rings. The Morgan fingerprint density at radius 2 is 2.11 bits per heavy atom. The van der Waals surface area contributed by atoms with Gasteiger partial charge in [-0.05, 0) is 44.4 Å². The van der Waals surface area contributed by atoms with E-state index >= 15 is 0 Å². The van der Waals surface area contributed by atoms with Gasteiger partial charge in [-0.25, -0.2) is 4.98 Å². The molecular weight excluding hydrogens is 222 g/mol. The fourth-order valence-electron chi connectivity index (χ4n) is 3.21. The molecule has 2 fully saturated rings. The third-order valence-corrected chi connectivity index (χ3v) is 4.34. The summed E-state index contributed by atoms with van der Waals surface area (Å²) in [6.45, 7) is 6.90. The number of hydrogen-bond acceptors (Lipinski definition) is 2. The molecule has 1 aromatic heterocycles. The molecule has 2 aliphatic rings. The highest BCUT2D eigenvalue weighted by molar-refractivity contribution is 5.33. The summed E-state index contributed by atoms with van der Waals surface area (Å²) in [6.07, 6.45) is 10.1.